The molecule has 0 fully saturated rings. The molecular formula is C30H33Cl2PTi. The average molecular weight is 543 g/mol. The summed E-state index contributed by atoms with van der Waals surface area (Å²) in [7, 11) is -0.0252. The Morgan fingerprint density at radius 3 is 1.56 bits per heavy atom. The first-order valence-corrected chi connectivity index (χ1v) is 13.1. The van der Waals surface area contributed by atoms with Crippen LogP contribution in [0.25, 0.3) is 32.3 Å². The van der Waals surface area contributed by atoms with Gasteiger partial charge in [0.25, 0.3) is 0 Å². The summed E-state index contributed by atoms with van der Waals surface area (Å²) in [6.45, 7) is 9.50. The Morgan fingerprint density at radius 1 is 0.647 bits per heavy atom. The van der Waals surface area contributed by atoms with Crippen molar-refractivity contribution in [2.24, 2.45) is 0 Å². The van der Waals surface area contributed by atoms with Crippen LogP contribution in [0.2, 0.25) is 0 Å². The molecule has 5 aromatic rings. The van der Waals surface area contributed by atoms with Gasteiger partial charge < -0.3 is 24.8 Å². The van der Waals surface area contributed by atoms with E-state index >= 15 is 0 Å². The fourth-order valence-corrected chi connectivity index (χ4v) is 7.77. The van der Waals surface area contributed by atoms with Crippen LogP contribution in [0.1, 0.15) is 40.5 Å². The van der Waals surface area contributed by atoms with Crippen molar-refractivity contribution >= 4 is 45.5 Å². The van der Waals surface area contributed by atoms with Crippen molar-refractivity contribution in [1.29, 1.82) is 0 Å². The Kier molecular flexibility index (Phi) is 13.1. The maximum Gasteiger partial charge on any atom is 4.00 e. The van der Waals surface area contributed by atoms with Crippen LogP contribution in [0.5, 0.6) is 0 Å². The molecule has 0 spiro atoms. The molecule has 5 aromatic carbocycles. The number of halogens is 2. The molecule has 4 heteroatoms. The second-order valence-corrected chi connectivity index (χ2v) is 11.7. The van der Waals surface area contributed by atoms with Gasteiger partial charge in [-0.05, 0) is 24.2 Å². The zero-order chi connectivity index (χ0) is 21.8. The van der Waals surface area contributed by atoms with Crippen molar-refractivity contribution in [3.05, 3.63) is 91.0 Å². The summed E-state index contributed by atoms with van der Waals surface area (Å²) < 4.78 is 0. The normalized spacial score (nSPS) is 13.1. The molecule has 0 nitrogen and oxygen atoms in total. The van der Waals surface area contributed by atoms with Gasteiger partial charge in [-0.2, -0.15) is 6.07 Å². The summed E-state index contributed by atoms with van der Waals surface area (Å²) in [6.07, 6.45) is 2.58. The summed E-state index contributed by atoms with van der Waals surface area (Å²) in [4.78, 5) is 0. The van der Waals surface area contributed by atoms with Crippen LogP contribution >= 0.6 is 7.92 Å². The fourth-order valence-electron chi connectivity index (χ4n) is 4.52. The molecule has 0 bridgehead atoms. The Bertz CT molecular complexity index is 1180. The second-order valence-electron chi connectivity index (χ2n) is 8.58. The first-order valence-electron chi connectivity index (χ1n) is 11.6. The smallest absolute Gasteiger partial charge is 1.00 e. The van der Waals surface area contributed by atoms with E-state index < -0.39 is 0 Å². The Balaban J connectivity index is 0.000000323. The summed E-state index contributed by atoms with van der Waals surface area (Å²) in [5.41, 5.74) is 1.65. The number of hydrogen-bond acceptors (Lipinski definition) is 0. The van der Waals surface area contributed by atoms with E-state index in [1.54, 1.807) is 5.30 Å². The summed E-state index contributed by atoms with van der Waals surface area (Å²) in [5, 5.41) is 9.82. The number of hydrogen-bond donors (Lipinski definition) is 0. The van der Waals surface area contributed by atoms with Crippen molar-refractivity contribution < 1.29 is 46.5 Å². The Labute approximate surface area is 233 Å². The maximum atomic E-state index is 2.43. The molecule has 0 radical (unpaired) electrons. The molecule has 0 aliphatic heterocycles. The van der Waals surface area contributed by atoms with Crippen molar-refractivity contribution in [1.82, 2.24) is 0 Å². The second kappa shape index (κ2) is 14.4. The van der Waals surface area contributed by atoms with E-state index in [2.05, 4.69) is 119 Å². The van der Waals surface area contributed by atoms with Crippen LogP contribution in [0.15, 0.2) is 91.0 Å². The molecule has 0 saturated carbocycles. The molecule has 0 N–H and O–H groups in total. The van der Waals surface area contributed by atoms with Crippen LogP contribution < -0.4 is 30.1 Å². The fraction of sp³-hybridized carbons (Fsp3) is 0.267. The molecule has 2 atom stereocenters. The van der Waals surface area contributed by atoms with E-state index in [4.69, 9.17) is 0 Å². The quantitative estimate of drug-likeness (QED) is 0.182. The van der Waals surface area contributed by atoms with Crippen molar-refractivity contribution in [2.45, 2.75) is 51.9 Å². The van der Waals surface area contributed by atoms with E-state index in [1.165, 1.54) is 45.2 Å². The van der Waals surface area contributed by atoms with E-state index in [1.807, 2.05) is 0 Å². The van der Waals surface area contributed by atoms with E-state index in [-0.39, 0.29) is 54.5 Å². The molecular weight excluding hydrogens is 510 g/mol. The van der Waals surface area contributed by atoms with Gasteiger partial charge >= 0.3 is 21.7 Å². The van der Waals surface area contributed by atoms with Crippen LogP contribution in [-0.2, 0) is 21.7 Å². The molecule has 0 aromatic heterocycles. The van der Waals surface area contributed by atoms with Crippen LogP contribution in [0.4, 0.5) is 0 Å². The minimum absolute atomic E-state index is 0. The predicted molar refractivity (Wildman–Crippen MR) is 143 cm³/mol. The third kappa shape index (κ3) is 6.75. The topological polar surface area (TPSA) is 0 Å². The van der Waals surface area contributed by atoms with Gasteiger partial charge in [-0.1, -0.05) is 78.1 Å². The summed E-state index contributed by atoms with van der Waals surface area (Å²) >= 11 is 0. The van der Waals surface area contributed by atoms with Gasteiger partial charge in [0.15, 0.2) is 0 Å². The number of fused-ring (bicyclic) bond motifs is 4. The Morgan fingerprint density at radius 2 is 1.09 bits per heavy atom. The summed E-state index contributed by atoms with van der Waals surface area (Å²) in [5.74, 6) is 0. The van der Waals surface area contributed by atoms with Crippen molar-refractivity contribution in [3.63, 3.8) is 0 Å². The molecule has 0 aliphatic rings. The van der Waals surface area contributed by atoms with E-state index in [9.17, 15) is 0 Å². The van der Waals surface area contributed by atoms with Gasteiger partial charge in [0, 0.05) is 0 Å². The minimum Gasteiger partial charge on any atom is -1.00 e. The zero-order valence-corrected chi connectivity index (χ0v) is 24.4. The third-order valence-electron chi connectivity index (χ3n) is 6.56. The van der Waals surface area contributed by atoms with Crippen molar-refractivity contribution in [2.75, 3.05) is 0 Å². The third-order valence-corrected chi connectivity index (χ3v) is 10.0. The van der Waals surface area contributed by atoms with Crippen LogP contribution in [0, 0.1) is 0 Å². The SMILES string of the molecule is CCC(C)P(c1cc2ccccc2[cH-]1)C(C)CC.[Cl-].[Cl-].[Ti+4].c1ccc2c(c1)[cH-]c1ccccc12. The maximum absolute atomic E-state index is 2.43. The first kappa shape index (κ1) is 30.9. The molecule has 0 heterocycles. The van der Waals surface area contributed by atoms with Gasteiger partial charge in [0.1, 0.15) is 0 Å². The molecule has 2 unspecified atom stereocenters. The van der Waals surface area contributed by atoms with Crippen LogP contribution in [-0.4, -0.2) is 11.3 Å². The van der Waals surface area contributed by atoms with Gasteiger partial charge in [-0.25, -0.2) is 0 Å². The van der Waals surface area contributed by atoms with E-state index in [0.29, 0.717) is 0 Å². The van der Waals surface area contributed by atoms with Gasteiger partial charge in [-0.15, -0.1) is 80.1 Å². The monoisotopic (exact) mass is 542 g/mol. The molecule has 0 aliphatic carbocycles. The molecule has 176 valence electrons. The average Bonchev–Trinajstić information content (AvgIpc) is 3.40. The van der Waals surface area contributed by atoms with Crippen molar-refractivity contribution in [3.8, 4) is 0 Å². The standard InChI is InChI=1S/C17H24P.C13H9.2ClH.Ti/c1-5-13(3)18(14(4)6-2)17-11-15-9-7-8-10-16(15)12-17;1-3-7-12-10(5-1)9-11-6-2-4-8-13(11)12;;;/h7-14H,5-6H2,1-4H3;1-9H;2*1H;/q2*-1;;;+4/p-2. The van der Waals surface area contributed by atoms with E-state index in [0.717, 1.165) is 11.3 Å². The minimum atomic E-state index is -0.0252. The first-order chi connectivity index (χ1) is 15.1. The molecule has 5 rings (SSSR count). The number of benzene rings is 3. The van der Waals surface area contributed by atoms with Gasteiger partial charge in [0.05, 0.1) is 0 Å². The molecule has 34 heavy (non-hydrogen) atoms. The zero-order valence-electron chi connectivity index (χ0n) is 20.4. The summed E-state index contributed by atoms with van der Waals surface area (Å²) in [6, 6.07) is 32.9. The molecule has 0 saturated heterocycles. The van der Waals surface area contributed by atoms with Gasteiger partial charge in [0.2, 0.25) is 0 Å². The van der Waals surface area contributed by atoms with Crippen LogP contribution in [0.3, 0.4) is 0 Å². The predicted octanol–water partition coefficient (Wildman–Crippen LogP) is 2.98. The molecule has 0 amide bonds. The largest absolute Gasteiger partial charge is 4.00 e. The Hall–Kier alpha value is -1.14. The number of rotatable bonds is 5. The van der Waals surface area contributed by atoms with Gasteiger partial charge in [-0.3, -0.25) is 0 Å².